The number of hydrogen-bond acceptors (Lipinski definition) is 5. The van der Waals surface area contributed by atoms with E-state index in [0.29, 0.717) is 17.2 Å². The highest BCUT2D eigenvalue weighted by Crippen LogP contribution is 2.35. The Labute approximate surface area is 161 Å². The molecule has 2 aliphatic heterocycles. The van der Waals surface area contributed by atoms with Crippen molar-refractivity contribution in [2.45, 2.75) is 43.0 Å². The van der Waals surface area contributed by atoms with Crippen LogP contribution in [-0.2, 0) is 14.8 Å². The van der Waals surface area contributed by atoms with Crippen molar-refractivity contribution in [1.82, 2.24) is 9.21 Å². The molecule has 0 spiro atoms. The minimum absolute atomic E-state index is 0.0756. The first-order valence-corrected chi connectivity index (χ1v) is 10.2. The molecule has 1 aromatic rings. The molecule has 0 amide bonds. The summed E-state index contributed by atoms with van der Waals surface area (Å²) in [6, 6.07) is 6.90. The molecule has 2 heterocycles. The Morgan fingerprint density at radius 3 is 2.39 bits per heavy atom. The molecule has 0 bridgehead atoms. The summed E-state index contributed by atoms with van der Waals surface area (Å²) in [5.41, 5.74) is 0. The number of alkyl halides is 3. The molecule has 2 aliphatic rings. The van der Waals surface area contributed by atoms with Crippen LogP contribution < -0.4 is 4.74 Å². The molecule has 158 valence electrons. The van der Waals surface area contributed by atoms with E-state index in [2.05, 4.69) is 11.9 Å². The van der Waals surface area contributed by atoms with Gasteiger partial charge in [0.1, 0.15) is 16.7 Å². The standard InChI is InChI=1S/C15H22N2O3S.C2HF3O2/c1-3-17-12-8-10-16(2)11-9-13(12)20-14-6-4-5-7-15(14)21(17,18)19;3-2(4,5)1(6)7/h4-7,12-13H,3,8-11H2,1-2H3;(H,6,7)/t12-,13-;/m0./s1. The largest absolute Gasteiger partial charge is 0.490 e. The number of nitrogens with zero attached hydrogens (tertiary/aromatic N) is 2. The van der Waals surface area contributed by atoms with Gasteiger partial charge in [0.05, 0.1) is 6.04 Å². The summed E-state index contributed by atoms with van der Waals surface area (Å²) in [5.74, 6) is -2.26. The maximum Gasteiger partial charge on any atom is 0.490 e. The van der Waals surface area contributed by atoms with Gasteiger partial charge in [-0.25, -0.2) is 13.2 Å². The zero-order valence-electron chi connectivity index (χ0n) is 15.5. The number of para-hydroxylation sites is 1. The predicted octanol–water partition coefficient (Wildman–Crippen LogP) is 2.19. The molecule has 1 N–H and O–H groups in total. The second-order valence-electron chi connectivity index (χ2n) is 6.56. The Morgan fingerprint density at radius 2 is 1.82 bits per heavy atom. The topological polar surface area (TPSA) is 87.2 Å². The number of hydrogen-bond donors (Lipinski definition) is 1. The van der Waals surface area contributed by atoms with E-state index >= 15 is 0 Å². The number of carboxylic acids is 1. The van der Waals surface area contributed by atoms with Gasteiger partial charge in [0.2, 0.25) is 10.0 Å². The number of fused-ring (bicyclic) bond motifs is 2. The first-order valence-electron chi connectivity index (χ1n) is 8.74. The number of aliphatic carboxylic acids is 1. The third kappa shape index (κ3) is 4.95. The third-order valence-corrected chi connectivity index (χ3v) is 6.71. The van der Waals surface area contributed by atoms with Crippen LogP contribution in [0.3, 0.4) is 0 Å². The first kappa shape index (κ1) is 22.4. The first-order chi connectivity index (χ1) is 13.0. The van der Waals surface area contributed by atoms with E-state index < -0.39 is 22.2 Å². The van der Waals surface area contributed by atoms with Crippen LogP contribution in [0.25, 0.3) is 0 Å². The van der Waals surface area contributed by atoms with Crippen molar-refractivity contribution >= 4 is 16.0 Å². The fourth-order valence-electron chi connectivity index (χ4n) is 3.29. The van der Waals surface area contributed by atoms with E-state index in [9.17, 15) is 21.6 Å². The lowest BCUT2D eigenvalue weighted by molar-refractivity contribution is -0.192. The number of likely N-dealkylation sites (tertiary alicyclic amines) is 1. The molecule has 0 aromatic heterocycles. The van der Waals surface area contributed by atoms with Crippen molar-refractivity contribution in [2.75, 3.05) is 26.7 Å². The molecule has 11 heteroatoms. The van der Waals surface area contributed by atoms with E-state index in [4.69, 9.17) is 14.6 Å². The maximum atomic E-state index is 12.9. The molecular formula is C17H23F3N2O5S. The normalized spacial score (nSPS) is 25.0. The van der Waals surface area contributed by atoms with Crippen LogP contribution in [0, 0.1) is 0 Å². The minimum Gasteiger partial charge on any atom is -0.487 e. The van der Waals surface area contributed by atoms with Crippen LogP contribution in [0.1, 0.15) is 19.8 Å². The van der Waals surface area contributed by atoms with Gasteiger partial charge in [0.25, 0.3) is 0 Å². The Hall–Kier alpha value is -1.85. The van der Waals surface area contributed by atoms with E-state index in [1.807, 2.05) is 13.0 Å². The number of ether oxygens (including phenoxy) is 1. The van der Waals surface area contributed by atoms with Crippen molar-refractivity contribution in [3.05, 3.63) is 24.3 Å². The van der Waals surface area contributed by atoms with E-state index in [-0.39, 0.29) is 12.1 Å². The molecule has 28 heavy (non-hydrogen) atoms. The van der Waals surface area contributed by atoms with Gasteiger partial charge in [-0.2, -0.15) is 17.5 Å². The van der Waals surface area contributed by atoms with Gasteiger partial charge < -0.3 is 14.7 Å². The van der Waals surface area contributed by atoms with Gasteiger partial charge in [0.15, 0.2) is 0 Å². The molecule has 7 nitrogen and oxygen atoms in total. The zero-order valence-corrected chi connectivity index (χ0v) is 16.3. The Kier molecular flexibility index (Phi) is 6.94. The number of rotatable bonds is 1. The smallest absolute Gasteiger partial charge is 0.487 e. The average molecular weight is 424 g/mol. The van der Waals surface area contributed by atoms with Crippen LogP contribution >= 0.6 is 0 Å². The lowest BCUT2D eigenvalue weighted by Crippen LogP contribution is -2.46. The van der Waals surface area contributed by atoms with Gasteiger partial charge in [-0.15, -0.1) is 0 Å². The number of sulfonamides is 1. The predicted molar refractivity (Wildman–Crippen MR) is 94.6 cm³/mol. The molecule has 2 atom stereocenters. The second-order valence-corrected chi connectivity index (χ2v) is 8.42. The highest BCUT2D eigenvalue weighted by molar-refractivity contribution is 7.89. The quantitative estimate of drug-likeness (QED) is 0.744. The summed E-state index contributed by atoms with van der Waals surface area (Å²) in [6.07, 6.45) is -3.50. The number of carboxylic acid groups (broad SMARTS) is 1. The molecular weight excluding hydrogens is 401 g/mol. The van der Waals surface area contributed by atoms with Crippen molar-refractivity contribution < 1.29 is 36.2 Å². The van der Waals surface area contributed by atoms with Gasteiger partial charge in [-0.3, -0.25) is 0 Å². The number of benzene rings is 1. The average Bonchev–Trinajstić information content (AvgIpc) is 2.83. The van der Waals surface area contributed by atoms with Crippen molar-refractivity contribution in [2.24, 2.45) is 0 Å². The number of carbonyl (C=O) groups is 1. The summed E-state index contributed by atoms with van der Waals surface area (Å²) in [7, 11) is -1.41. The Bertz CT molecular complexity index is 800. The third-order valence-electron chi connectivity index (χ3n) is 4.67. The fraction of sp³-hybridized carbons (Fsp3) is 0.588. The maximum absolute atomic E-state index is 12.9. The summed E-state index contributed by atoms with van der Waals surface area (Å²) in [5, 5.41) is 7.12. The minimum atomic E-state index is -5.08. The van der Waals surface area contributed by atoms with Crippen LogP contribution in [-0.4, -0.2) is 73.7 Å². The molecule has 1 fully saturated rings. The summed E-state index contributed by atoms with van der Waals surface area (Å²) in [6.45, 7) is 4.20. The Balaban J connectivity index is 0.000000345. The van der Waals surface area contributed by atoms with Gasteiger partial charge in [-0.1, -0.05) is 19.1 Å². The zero-order chi connectivity index (χ0) is 21.1. The molecule has 0 saturated carbocycles. The summed E-state index contributed by atoms with van der Waals surface area (Å²) >= 11 is 0. The summed E-state index contributed by atoms with van der Waals surface area (Å²) < 4.78 is 65.3. The lowest BCUT2D eigenvalue weighted by Gasteiger charge is -2.30. The monoisotopic (exact) mass is 424 g/mol. The van der Waals surface area contributed by atoms with Crippen molar-refractivity contribution in [3.63, 3.8) is 0 Å². The van der Waals surface area contributed by atoms with Crippen LogP contribution in [0.15, 0.2) is 29.2 Å². The number of halogens is 3. The van der Waals surface area contributed by atoms with Crippen LogP contribution in [0.5, 0.6) is 5.75 Å². The molecule has 3 rings (SSSR count). The molecule has 0 radical (unpaired) electrons. The van der Waals surface area contributed by atoms with Crippen molar-refractivity contribution in [3.8, 4) is 5.75 Å². The molecule has 1 aromatic carbocycles. The van der Waals surface area contributed by atoms with Gasteiger partial charge in [-0.05, 0) is 38.6 Å². The fourth-order valence-corrected chi connectivity index (χ4v) is 5.10. The number of likely N-dealkylation sites (N-methyl/N-ethyl adjacent to an activating group) is 1. The highest BCUT2D eigenvalue weighted by atomic mass is 32.2. The summed E-state index contributed by atoms with van der Waals surface area (Å²) in [4.78, 5) is 11.4. The van der Waals surface area contributed by atoms with Crippen LogP contribution in [0.4, 0.5) is 13.2 Å². The molecule has 1 saturated heterocycles. The second kappa shape index (κ2) is 8.66. The molecule has 0 aliphatic carbocycles. The van der Waals surface area contributed by atoms with Gasteiger partial charge in [0, 0.05) is 13.1 Å². The van der Waals surface area contributed by atoms with E-state index in [1.54, 1.807) is 22.5 Å². The lowest BCUT2D eigenvalue weighted by atomic mass is 10.1. The van der Waals surface area contributed by atoms with Crippen LogP contribution in [0.2, 0.25) is 0 Å². The van der Waals surface area contributed by atoms with E-state index in [0.717, 1.165) is 25.9 Å². The van der Waals surface area contributed by atoms with E-state index in [1.165, 1.54) is 0 Å². The SMILES string of the molecule is CCN1[C@H]2CCN(C)CC[C@@H]2Oc2ccccc2S1(=O)=O.O=C(O)C(F)(F)F. The molecule has 0 unspecified atom stereocenters. The van der Waals surface area contributed by atoms with Crippen molar-refractivity contribution in [1.29, 1.82) is 0 Å². The highest BCUT2D eigenvalue weighted by Gasteiger charge is 2.42. The Morgan fingerprint density at radius 1 is 1.25 bits per heavy atom. The van der Waals surface area contributed by atoms with Gasteiger partial charge >= 0.3 is 12.1 Å².